The van der Waals surface area contributed by atoms with E-state index >= 15 is 0 Å². The average molecular weight is 290 g/mol. The van der Waals surface area contributed by atoms with E-state index in [2.05, 4.69) is 46.9 Å². The Hall–Kier alpha value is -1.43. The van der Waals surface area contributed by atoms with Crippen LogP contribution in [-0.2, 0) is 9.47 Å². The largest absolute Gasteiger partial charge is 0.385 e. The molecule has 1 saturated heterocycles. The van der Waals surface area contributed by atoms with Gasteiger partial charge < -0.3 is 14.8 Å². The number of nitrogens with zero attached hydrogens (tertiary/aromatic N) is 1. The number of thiazole rings is 1. The van der Waals surface area contributed by atoms with Gasteiger partial charge in [-0.15, -0.1) is 11.3 Å². The topological polar surface area (TPSA) is 43.4 Å². The van der Waals surface area contributed by atoms with Crippen LogP contribution in [0.25, 0.3) is 10.6 Å². The van der Waals surface area contributed by atoms with E-state index in [9.17, 15) is 0 Å². The fraction of sp³-hybridized carbons (Fsp3) is 0.400. The third-order valence-electron chi connectivity index (χ3n) is 3.18. The molecule has 0 spiro atoms. The maximum Gasteiger partial charge on any atom is 0.124 e. The number of hydrogen-bond donors (Lipinski definition) is 1. The zero-order valence-corrected chi connectivity index (χ0v) is 12.3. The van der Waals surface area contributed by atoms with Crippen molar-refractivity contribution in [3.05, 3.63) is 35.3 Å². The van der Waals surface area contributed by atoms with Crippen molar-refractivity contribution >= 4 is 17.0 Å². The van der Waals surface area contributed by atoms with E-state index in [0.717, 1.165) is 28.5 Å². The molecule has 1 fully saturated rings. The van der Waals surface area contributed by atoms with Crippen LogP contribution in [0, 0.1) is 0 Å². The standard InChI is InChI=1S/C15H18N2O2S/c1-2-16-12-5-3-11(4-6-12)15-17-13(10-20-15)14-9-18-7-8-19-14/h3-6,10,14,16H,2,7-9H2,1H3. The van der Waals surface area contributed by atoms with Gasteiger partial charge in [0.05, 0.1) is 25.5 Å². The summed E-state index contributed by atoms with van der Waals surface area (Å²) in [6.45, 7) is 4.95. The molecule has 3 rings (SSSR count). The first-order valence-corrected chi connectivity index (χ1v) is 7.74. The summed E-state index contributed by atoms with van der Waals surface area (Å²) in [6.07, 6.45) is -0.0187. The first kappa shape index (κ1) is 13.5. The smallest absolute Gasteiger partial charge is 0.124 e. The minimum Gasteiger partial charge on any atom is -0.385 e. The Kier molecular flexibility index (Phi) is 4.30. The second-order valence-electron chi connectivity index (χ2n) is 4.62. The second kappa shape index (κ2) is 6.35. The molecular weight excluding hydrogens is 272 g/mol. The van der Waals surface area contributed by atoms with Crippen molar-refractivity contribution in [1.82, 2.24) is 4.98 Å². The first-order valence-electron chi connectivity index (χ1n) is 6.86. The second-order valence-corrected chi connectivity index (χ2v) is 5.48. The molecule has 2 aromatic rings. The lowest BCUT2D eigenvalue weighted by Gasteiger charge is -2.21. The highest BCUT2D eigenvalue weighted by atomic mass is 32.1. The minimum absolute atomic E-state index is 0.0187. The highest BCUT2D eigenvalue weighted by molar-refractivity contribution is 7.13. The van der Waals surface area contributed by atoms with Crippen LogP contribution in [0.4, 0.5) is 5.69 Å². The maximum atomic E-state index is 5.67. The Bertz CT molecular complexity index is 547. The Morgan fingerprint density at radius 3 is 2.85 bits per heavy atom. The number of nitrogens with one attached hydrogen (secondary N) is 1. The van der Waals surface area contributed by atoms with Gasteiger partial charge in [-0.1, -0.05) is 0 Å². The van der Waals surface area contributed by atoms with Crippen molar-refractivity contribution in [3.63, 3.8) is 0 Å². The van der Waals surface area contributed by atoms with Crippen molar-refractivity contribution in [3.8, 4) is 10.6 Å². The summed E-state index contributed by atoms with van der Waals surface area (Å²) >= 11 is 1.65. The van der Waals surface area contributed by atoms with E-state index in [1.54, 1.807) is 11.3 Å². The third kappa shape index (κ3) is 3.00. The molecule has 1 aromatic heterocycles. The van der Waals surface area contributed by atoms with E-state index in [1.807, 2.05) is 0 Å². The molecule has 4 nitrogen and oxygen atoms in total. The molecule has 5 heteroatoms. The molecule has 1 aliphatic heterocycles. The number of benzene rings is 1. The molecule has 106 valence electrons. The zero-order valence-electron chi connectivity index (χ0n) is 11.5. The quantitative estimate of drug-likeness (QED) is 0.938. The zero-order chi connectivity index (χ0) is 13.8. The van der Waals surface area contributed by atoms with Crippen LogP contribution in [0.2, 0.25) is 0 Å². The Labute approximate surface area is 122 Å². The summed E-state index contributed by atoms with van der Waals surface area (Å²) in [5.41, 5.74) is 3.25. The number of rotatable bonds is 4. The van der Waals surface area contributed by atoms with Crippen molar-refractivity contribution in [2.75, 3.05) is 31.7 Å². The van der Waals surface area contributed by atoms with Crippen LogP contribution in [0.1, 0.15) is 18.7 Å². The van der Waals surface area contributed by atoms with Crippen molar-refractivity contribution in [2.24, 2.45) is 0 Å². The monoisotopic (exact) mass is 290 g/mol. The molecule has 0 amide bonds. The van der Waals surface area contributed by atoms with Crippen LogP contribution >= 0.6 is 11.3 Å². The van der Waals surface area contributed by atoms with Crippen molar-refractivity contribution in [2.45, 2.75) is 13.0 Å². The Balaban J connectivity index is 1.75. The summed E-state index contributed by atoms with van der Waals surface area (Å²) in [7, 11) is 0. The van der Waals surface area contributed by atoms with Gasteiger partial charge in [-0.2, -0.15) is 0 Å². The van der Waals surface area contributed by atoms with Gasteiger partial charge in [0.25, 0.3) is 0 Å². The SMILES string of the molecule is CCNc1ccc(-c2nc(C3COCCO3)cs2)cc1. The minimum atomic E-state index is -0.0187. The predicted molar refractivity (Wildman–Crippen MR) is 81.2 cm³/mol. The van der Waals surface area contributed by atoms with Crippen LogP contribution in [0.5, 0.6) is 0 Å². The first-order chi connectivity index (χ1) is 9.86. The number of hydrogen-bond acceptors (Lipinski definition) is 5. The molecule has 0 aliphatic carbocycles. The number of ether oxygens (including phenoxy) is 2. The Morgan fingerprint density at radius 2 is 2.15 bits per heavy atom. The maximum absolute atomic E-state index is 5.67. The molecule has 1 aliphatic rings. The molecule has 1 aromatic carbocycles. The van der Waals surface area contributed by atoms with Gasteiger partial charge in [-0.3, -0.25) is 0 Å². The van der Waals surface area contributed by atoms with E-state index in [1.165, 1.54) is 0 Å². The van der Waals surface area contributed by atoms with Gasteiger partial charge in [0.15, 0.2) is 0 Å². The van der Waals surface area contributed by atoms with E-state index < -0.39 is 0 Å². The molecule has 20 heavy (non-hydrogen) atoms. The van der Waals surface area contributed by atoms with E-state index in [-0.39, 0.29) is 6.10 Å². The fourth-order valence-corrected chi connectivity index (χ4v) is 3.03. The lowest BCUT2D eigenvalue weighted by Crippen LogP contribution is -2.22. The van der Waals surface area contributed by atoms with Gasteiger partial charge >= 0.3 is 0 Å². The molecule has 1 N–H and O–H groups in total. The van der Waals surface area contributed by atoms with Crippen LogP contribution in [0.3, 0.4) is 0 Å². The molecule has 0 radical (unpaired) electrons. The van der Waals surface area contributed by atoms with Crippen LogP contribution < -0.4 is 5.32 Å². The Morgan fingerprint density at radius 1 is 1.30 bits per heavy atom. The summed E-state index contributed by atoms with van der Waals surface area (Å²) in [5.74, 6) is 0. The van der Waals surface area contributed by atoms with Crippen molar-refractivity contribution in [1.29, 1.82) is 0 Å². The van der Waals surface area contributed by atoms with E-state index in [0.29, 0.717) is 19.8 Å². The fourth-order valence-electron chi connectivity index (χ4n) is 2.16. The van der Waals surface area contributed by atoms with Gasteiger partial charge in [-0.25, -0.2) is 4.98 Å². The third-order valence-corrected chi connectivity index (χ3v) is 4.09. The summed E-state index contributed by atoms with van der Waals surface area (Å²) < 4.78 is 11.1. The van der Waals surface area contributed by atoms with Crippen LogP contribution in [-0.4, -0.2) is 31.3 Å². The molecule has 1 atom stereocenters. The summed E-state index contributed by atoms with van der Waals surface area (Å²) in [4.78, 5) is 4.67. The van der Waals surface area contributed by atoms with Gasteiger partial charge in [0.1, 0.15) is 11.1 Å². The highest BCUT2D eigenvalue weighted by Gasteiger charge is 2.19. The highest BCUT2D eigenvalue weighted by Crippen LogP contribution is 2.29. The molecule has 0 bridgehead atoms. The van der Waals surface area contributed by atoms with E-state index in [4.69, 9.17) is 9.47 Å². The lowest BCUT2D eigenvalue weighted by molar-refractivity contribution is -0.0915. The van der Waals surface area contributed by atoms with Crippen molar-refractivity contribution < 1.29 is 9.47 Å². The van der Waals surface area contributed by atoms with Gasteiger partial charge in [0, 0.05) is 23.2 Å². The van der Waals surface area contributed by atoms with Crippen LogP contribution in [0.15, 0.2) is 29.6 Å². The molecule has 0 saturated carbocycles. The normalized spacial score (nSPS) is 18.9. The lowest BCUT2D eigenvalue weighted by atomic mass is 10.2. The summed E-state index contributed by atoms with van der Waals surface area (Å²) in [6, 6.07) is 8.36. The molecule has 2 heterocycles. The molecule has 1 unspecified atom stereocenters. The number of aromatic nitrogens is 1. The number of anilines is 1. The molecular formula is C15H18N2O2S. The average Bonchev–Trinajstić information content (AvgIpc) is 2.99. The van der Waals surface area contributed by atoms with Gasteiger partial charge in [-0.05, 0) is 31.2 Å². The predicted octanol–water partition coefficient (Wildman–Crippen LogP) is 3.33. The summed E-state index contributed by atoms with van der Waals surface area (Å²) in [5, 5.41) is 6.38. The van der Waals surface area contributed by atoms with Gasteiger partial charge in [0.2, 0.25) is 0 Å².